The van der Waals surface area contributed by atoms with E-state index in [2.05, 4.69) is 34.5 Å². The number of urea groups is 1. The maximum absolute atomic E-state index is 11.9. The summed E-state index contributed by atoms with van der Waals surface area (Å²) in [5, 5.41) is 9.98. The van der Waals surface area contributed by atoms with E-state index < -0.39 is 0 Å². The molecule has 0 unspecified atom stereocenters. The minimum Gasteiger partial charge on any atom is -0.336 e. The lowest BCUT2D eigenvalue weighted by Crippen LogP contribution is -2.47. The molecule has 0 saturated carbocycles. The van der Waals surface area contributed by atoms with Crippen molar-refractivity contribution in [1.82, 2.24) is 20.0 Å². The molecule has 2 rings (SSSR count). The largest absolute Gasteiger partial charge is 0.336 e. The fourth-order valence-electron chi connectivity index (χ4n) is 2.88. The molecule has 1 saturated heterocycles. The van der Waals surface area contributed by atoms with E-state index in [0.717, 1.165) is 24.7 Å². The van der Waals surface area contributed by atoms with Gasteiger partial charge in [-0.1, -0.05) is 6.92 Å². The van der Waals surface area contributed by atoms with Gasteiger partial charge in [0.2, 0.25) is 0 Å². The third-order valence-corrected chi connectivity index (χ3v) is 4.11. The predicted molar refractivity (Wildman–Crippen MR) is 84.4 cm³/mol. The molecule has 2 atom stereocenters. The van der Waals surface area contributed by atoms with Gasteiger partial charge in [0.15, 0.2) is 0 Å². The highest BCUT2D eigenvalue weighted by Gasteiger charge is 2.21. The molecule has 2 N–H and O–H groups in total. The number of anilines is 1. The molecule has 1 aliphatic heterocycles. The number of aryl methyl sites for hydroxylation is 2. The third-order valence-electron chi connectivity index (χ3n) is 4.11. The van der Waals surface area contributed by atoms with Gasteiger partial charge in [0, 0.05) is 32.2 Å². The standard InChI is InChI=1S/C15H27N5O/c1-11-6-5-7-20(10-11)13(3)9-16-15(21)17-14-8-12(2)18-19(14)4/h8,11,13H,5-7,9-10H2,1-4H3,(H2,16,17,21)/t11-,13-/m0/s1. The SMILES string of the molecule is Cc1cc(NC(=O)NC[C@H](C)N2CCC[C@H](C)C2)n(C)n1. The molecular weight excluding hydrogens is 266 g/mol. The Morgan fingerprint density at radius 3 is 2.95 bits per heavy atom. The van der Waals surface area contributed by atoms with Crippen molar-refractivity contribution >= 4 is 11.8 Å². The molecule has 0 aliphatic carbocycles. The normalized spacial score (nSPS) is 21.0. The van der Waals surface area contributed by atoms with Gasteiger partial charge in [0.05, 0.1) is 5.69 Å². The van der Waals surface area contributed by atoms with Crippen LogP contribution in [0.4, 0.5) is 10.6 Å². The molecule has 1 aromatic heterocycles. The number of nitrogens with zero attached hydrogens (tertiary/aromatic N) is 3. The summed E-state index contributed by atoms with van der Waals surface area (Å²) in [6.45, 7) is 9.30. The molecule has 1 aliphatic rings. The summed E-state index contributed by atoms with van der Waals surface area (Å²) in [5.74, 6) is 1.47. The van der Waals surface area contributed by atoms with Crippen molar-refractivity contribution in [3.63, 3.8) is 0 Å². The Hall–Kier alpha value is -1.56. The second-order valence-electron chi connectivity index (χ2n) is 6.22. The summed E-state index contributed by atoms with van der Waals surface area (Å²) >= 11 is 0. The number of carbonyl (C=O) groups excluding carboxylic acids is 1. The first-order valence-corrected chi connectivity index (χ1v) is 7.75. The lowest BCUT2D eigenvalue weighted by atomic mass is 9.99. The maximum atomic E-state index is 11.9. The predicted octanol–water partition coefficient (Wildman–Crippen LogP) is 1.97. The molecule has 0 spiro atoms. The number of carbonyl (C=O) groups is 1. The molecule has 21 heavy (non-hydrogen) atoms. The smallest absolute Gasteiger partial charge is 0.320 e. The number of likely N-dealkylation sites (tertiary alicyclic amines) is 1. The summed E-state index contributed by atoms with van der Waals surface area (Å²) in [5.41, 5.74) is 0.892. The Balaban J connectivity index is 1.77. The van der Waals surface area contributed by atoms with Gasteiger partial charge in [-0.15, -0.1) is 0 Å². The van der Waals surface area contributed by atoms with Gasteiger partial charge >= 0.3 is 6.03 Å². The molecule has 1 aromatic rings. The van der Waals surface area contributed by atoms with Crippen LogP contribution in [-0.2, 0) is 7.05 Å². The van der Waals surface area contributed by atoms with Gasteiger partial charge in [-0.25, -0.2) is 4.79 Å². The van der Waals surface area contributed by atoms with Crippen molar-refractivity contribution in [2.75, 3.05) is 25.0 Å². The highest BCUT2D eigenvalue weighted by Crippen LogP contribution is 2.17. The molecule has 118 valence electrons. The van der Waals surface area contributed by atoms with E-state index in [1.54, 1.807) is 4.68 Å². The number of hydrogen-bond donors (Lipinski definition) is 2. The first-order valence-electron chi connectivity index (χ1n) is 7.75. The number of hydrogen-bond acceptors (Lipinski definition) is 3. The van der Waals surface area contributed by atoms with Crippen LogP contribution in [0.2, 0.25) is 0 Å². The van der Waals surface area contributed by atoms with Crippen LogP contribution in [0.15, 0.2) is 6.07 Å². The fraction of sp³-hybridized carbons (Fsp3) is 0.733. The van der Waals surface area contributed by atoms with Crippen LogP contribution in [0.1, 0.15) is 32.4 Å². The summed E-state index contributed by atoms with van der Waals surface area (Å²) < 4.78 is 1.67. The van der Waals surface area contributed by atoms with Crippen LogP contribution in [-0.4, -0.2) is 46.4 Å². The molecule has 2 amide bonds. The second-order valence-corrected chi connectivity index (χ2v) is 6.22. The van der Waals surface area contributed by atoms with Crippen LogP contribution in [0, 0.1) is 12.8 Å². The lowest BCUT2D eigenvalue weighted by molar-refractivity contribution is 0.138. The summed E-state index contributed by atoms with van der Waals surface area (Å²) in [6.07, 6.45) is 2.57. The summed E-state index contributed by atoms with van der Waals surface area (Å²) in [4.78, 5) is 14.4. The Kier molecular flexibility index (Phi) is 5.22. The number of nitrogens with one attached hydrogen (secondary N) is 2. The van der Waals surface area contributed by atoms with Gasteiger partial charge in [-0.2, -0.15) is 5.10 Å². The molecule has 0 aromatic carbocycles. The van der Waals surface area contributed by atoms with Crippen LogP contribution in [0.3, 0.4) is 0 Å². The van der Waals surface area contributed by atoms with Gasteiger partial charge in [0.25, 0.3) is 0 Å². The monoisotopic (exact) mass is 293 g/mol. The summed E-state index contributed by atoms with van der Waals surface area (Å²) in [7, 11) is 1.82. The Labute approximate surface area is 126 Å². The molecule has 6 nitrogen and oxygen atoms in total. The maximum Gasteiger partial charge on any atom is 0.320 e. The zero-order valence-corrected chi connectivity index (χ0v) is 13.5. The number of amides is 2. The molecule has 0 bridgehead atoms. The van der Waals surface area contributed by atoms with E-state index >= 15 is 0 Å². The highest BCUT2D eigenvalue weighted by atomic mass is 16.2. The van der Waals surface area contributed by atoms with E-state index in [-0.39, 0.29) is 6.03 Å². The average Bonchev–Trinajstić information content (AvgIpc) is 2.74. The molecule has 2 heterocycles. The van der Waals surface area contributed by atoms with Gasteiger partial charge < -0.3 is 5.32 Å². The minimum atomic E-state index is -0.171. The van der Waals surface area contributed by atoms with Crippen molar-refractivity contribution in [1.29, 1.82) is 0 Å². The minimum absolute atomic E-state index is 0.171. The zero-order valence-electron chi connectivity index (χ0n) is 13.5. The van der Waals surface area contributed by atoms with Crippen LogP contribution < -0.4 is 10.6 Å². The average molecular weight is 293 g/mol. The van der Waals surface area contributed by atoms with Crippen LogP contribution in [0.5, 0.6) is 0 Å². The van der Waals surface area contributed by atoms with Crippen molar-refractivity contribution in [3.05, 3.63) is 11.8 Å². The lowest BCUT2D eigenvalue weighted by Gasteiger charge is -2.35. The summed E-state index contributed by atoms with van der Waals surface area (Å²) in [6, 6.07) is 2.05. The Bertz CT molecular complexity index is 484. The second kappa shape index (κ2) is 6.93. The van der Waals surface area contributed by atoms with Crippen LogP contribution >= 0.6 is 0 Å². The van der Waals surface area contributed by atoms with Gasteiger partial charge in [0.1, 0.15) is 5.82 Å². The Morgan fingerprint density at radius 1 is 1.57 bits per heavy atom. The van der Waals surface area contributed by atoms with Crippen molar-refractivity contribution < 1.29 is 4.79 Å². The van der Waals surface area contributed by atoms with E-state index in [1.807, 2.05) is 20.0 Å². The first kappa shape index (κ1) is 15.8. The fourth-order valence-corrected chi connectivity index (χ4v) is 2.88. The molecular formula is C15H27N5O. The first-order chi connectivity index (χ1) is 9.95. The van der Waals surface area contributed by atoms with Gasteiger partial charge in [-0.3, -0.25) is 14.9 Å². The number of piperidine rings is 1. The zero-order chi connectivity index (χ0) is 15.4. The van der Waals surface area contributed by atoms with Crippen molar-refractivity contribution in [2.24, 2.45) is 13.0 Å². The van der Waals surface area contributed by atoms with E-state index in [4.69, 9.17) is 0 Å². The molecule has 6 heteroatoms. The van der Waals surface area contributed by atoms with E-state index in [9.17, 15) is 4.79 Å². The van der Waals surface area contributed by atoms with Crippen molar-refractivity contribution in [3.8, 4) is 0 Å². The highest BCUT2D eigenvalue weighted by molar-refractivity contribution is 5.88. The Morgan fingerprint density at radius 2 is 2.33 bits per heavy atom. The number of rotatable bonds is 4. The topological polar surface area (TPSA) is 62.2 Å². The van der Waals surface area contributed by atoms with E-state index in [0.29, 0.717) is 18.4 Å². The van der Waals surface area contributed by atoms with Crippen molar-refractivity contribution in [2.45, 2.75) is 39.7 Å². The van der Waals surface area contributed by atoms with Gasteiger partial charge in [-0.05, 0) is 39.2 Å². The molecule has 0 radical (unpaired) electrons. The number of aromatic nitrogens is 2. The molecule has 1 fully saturated rings. The van der Waals surface area contributed by atoms with Crippen LogP contribution in [0.25, 0.3) is 0 Å². The quantitative estimate of drug-likeness (QED) is 0.892. The third kappa shape index (κ3) is 4.46. The van der Waals surface area contributed by atoms with E-state index in [1.165, 1.54) is 12.8 Å².